The second kappa shape index (κ2) is 9.25. The van der Waals surface area contributed by atoms with Gasteiger partial charge in [0.2, 0.25) is 10.0 Å². The minimum atomic E-state index is -3.35. The van der Waals surface area contributed by atoms with E-state index in [1.165, 1.54) is 17.3 Å². The standard InChI is InChI=1S/C23H27ClN8O2S2/c1-36(33,34)31-14-3-2-13-11-23(19(25)15(13)10-14)5-8-32(9-6-23)17-12-29-22(21(27)30-17)35-16-4-7-28-20(26)18(16)24/h2-4,7,10,12,19,31H,5-6,8-9,11,25H2,1H3,(H2,26,28)(H2,27,30)/t19-/m1/s1. The molecular formula is C23H27ClN8O2S2. The molecule has 1 atom stereocenters. The Labute approximate surface area is 219 Å². The molecule has 0 saturated carbocycles. The lowest BCUT2D eigenvalue weighted by atomic mass is 9.73. The number of nitrogen functional groups attached to an aromatic ring is 2. The van der Waals surface area contributed by atoms with Gasteiger partial charge in [-0.1, -0.05) is 29.4 Å². The molecule has 1 fully saturated rings. The maximum atomic E-state index is 11.6. The lowest BCUT2D eigenvalue weighted by molar-refractivity contribution is 0.187. The maximum absolute atomic E-state index is 11.6. The van der Waals surface area contributed by atoms with Gasteiger partial charge in [-0.15, -0.1) is 0 Å². The number of halogens is 1. The van der Waals surface area contributed by atoms with E-state index in [-0.39, 0.29) is 17.3 Å². The molecule has 190 valence electrons. The van der Waals surface area contributed by atoms with E-state index in [0.717, 1.165) is 50.0 Å². The van der Waals surface area contributed by atoms with Crippen molar-refractivity contribution in [1.82, 2.24) is 15.0 Å². The fourth-order valence-corrected chi connectivity index (χ4v) is 6.62. The zero-order valence-electron chi connectivity index (χ0n) is 19.6. The smallest absolute Gasteiger partial charge is 0.229 e. The normalized spacial score (nSPS) is 18.9. The third kappa shape index (κ3) is 4.77. The Morgan fingerprint density at radius 3 is 2.61 bits per heavy atom. The van der Waals surface area contributed by atoms with Crippen molar-refractivity contribution in [3.8, 4) is 0 Å². The Hall–Kier alpha value is -2.80. The van der Waals surface area contributed by atoms with Crippen LogP contribution in [0.5, 0.6) is 0 Å². The summed E-state index contributed by atoms with van der Waals surface area (Å²) in [6.45, 7) is 1.53. The number of aromatic nitrogens is 3. The van der Waals surface area contributed by atoms with Gasteiger partial charge in [0.15, 0.2) is 5.82 Å². The molecule has 0 unspecified atom stereocenters. The average Bonchev–Trinajstić information content (AvgIpc) is 3.08. The summed E-state index contributed by atoms with van der Waals surface area (Å²) in [5, 5.41) is 0.911. The van der Waals surface area contributed by atoms with E-state index < -0.39 is 10.0 Å². The molecule has 0 amide bonds. The Kier molecular flexibility index (Phi) is 6.39. The molecule has 2 aromatic heterocycles. The van der Waals surface area contributed by atoms with Crippen LogP contribution in [0.25, 0.3) is 0 Å². The summed E-state index contributed by atoms with van der Waals surface area (Å²) in [5.74, 6) is 1.29. The zero-order chi connectivity index (χ0) is 25.7. The van der Waals surface area contributed by atoms with Crippen LogP contribution < -0.4 is 26.8 Å². The molecule has 5 rings (SSSR count). The summed E-state index contributed by atoms with van der Waals surface area (Å²) >= 11 is 7.54. The second-order valence-electron chi connectivity index (χ2n) is 9.32. The first kappa shape index (κ1) is 24.9. The Morgan fingerprint density at radius 2 is 1.92 bits per heavy atom. The molecule has 0 radical (unpaired) electrons. The van der Waals surface area contributed by atoms with Gasteiger partial charge in [-0.2, -0.15) is 0 Å². The van der Waals surface area contributed by atoms with Crippen LogP contribution in [0.1, 0.15) is 30.0 Å². The van der Waals surface area contributed by atoms with Crippen LogP contribution >= 0.6 is 23.4 Å². The summed E-state index contributed by atoms with van der Waals surface area (Å²) < 4.78 is 25.8. The third-order valence-electron chi connectivity index (χ3n) is 6.91. The van der Waals surface area contributed by atoms with Crippen molar-refractivity contribution in [3.05, 3.63) is 52.8 Å². The highest BCUT2D eigenvalue weighted by molar-refractivity contribution is 7.99. The van der Waals surface area contributed by atoms with Crippen LogP contribution in [-0.2, 0) is 16.4 Å². The molecule has 1 aliphatic heterocycles. The molecule has 1 saturated heterocycles. The minimum Gasteiger partial charge on any atom is -0.382 e. The number of pyridine rings is 1. The number of anilines is 4. The van der Waals surface area contributed by atoms with E-state index in [1.54, 1.807) is 24.5 Å². The van der Waals surface area contributed by atoms with Gasteiger partial charge in [0.1, 0.15) is 16.7 Å². The maximum Gasteiger partial charge on any atom is 0.229 e. The molecular weight excluding hydrogens is 520 g/mol. The van der Waals surface area contributed by atoms with Gasteiger partial charge >= 0.3 is 0 Å². The molecule has 1 aromatic carbocycles. The highest BCUT2D eigenvalue weighted by Gasteiger charge is 2.46. The molecule has 0 bridgehead atoms. The summed E-state index contributed by atoms with van der Waals surface area (Å²) in [7, 11) is -3.35. The van der Waals surface area contributed by atoms with E-state index in [9.17, 15) is 8.42 Å². The molecule has 7 N–H and O–H groups in total. The predicted molar refractivity (Wildman–Crippen MR) is 144 cm³/mol. The summed E-state index contributed by atoms with van der Waals surface area (Å²) in [4.78, 5) is 16.0. The molecule has 3 aromatic rings. The number of sulfonamides is 1. The van der Waals surface area contributed by atoms with Crippen molar-refractivity contribution in [2.45, 2.75) is 35.2 Å². The van der Waals surface area contributed by atoms with Crippen LogP contribution in [-0.4, -0.2) is 42.7 Å². The number of benzene rings is 1. The van der Waals surface area contributed by atoms with Crippen molar-refractivity contribution in [2.24, 2.45) is 11.1 Å². The molecule has 36 heavy (non-hydrogen) atoms. The largest absolute Gasteiger partial charge is 0.382 e. The highest BCUT2D eigenvalue weighted by atomic mass is 35.5. The zero-order valence-corrected chi connectivity index (χ0v) is 22.0. The third-order valence-corrected chi connectivity index (χ3v) is 9.09. The van der Waals surface area contributed by atoms with Gasteiger partial charge < -0.3 is 22.1 Å². The van der Waals surface area contributed by atoms with Gasteiger partial charge in [-0.3, -0.25) is 4.72 Å². The number of hydrogen-bond acceptors (Lipinski definition) is 10. The lowest BCUT2D eigenvalue weighted by Crippen LogP contribution is -2.44. The molecule has 10 nitrogen and oxygen atoms in total. The highest BCUT2D eigenvalue weighted by Crippen LogP contribution is 2.51. The van der Waals surface area contributed by atoms with Gasteiger partial charge in [0.25, 0.3) is 0 Å². The number of piperidine rings is 1. The SMILES string of the molecule is CS(=O)(=O)Nc1ccc2c(c1)[C@@H](N)C1(CCN(c3cnc(Sc4ccnc(N)c4Cl)c(N)n3)CC1)C2. The van der Waals surface area contributed by atoms with E-state index in [1.807, 2.05) is 12.1 Å². The Balaban J connectivity index is 1.28. The van der Waals surface area contributed by atoms with E-state index >= 15 is 0 Å². The monoisotopic (exact) mass is 546 g/mol. The summed E-state index contributed by atoms with van der Waals surface area (Å²) in [6, 6.07) is 7.24. The van der Waals surface area contributed by atoms with Gasteiger partial charge in [-0.05, 0) is 54.0 Å². The first-order valence-corrected chi connectivity index (χ1v) is 14.4. The summed E-state index contributed by atoms with van der Waals surface area (Å²) in [6.07, 6.45) is 7.07. The second-order valence-corrected chi connectivity index (χ2v) is 12.5. The minimum absolute atomic E-state index is 0.0741. The fourth-order valence-electron chi connectivity index (χ4n) is 5.05. The van der Waals surface area contributed by atoms with Crippen molar-refractivity contribution < 1.29 is 8.42 Å². The first-order valence-electron chi connectivity index (χ1n) is 11.4. The van der Waals surface area contributed by atoms with Gasteiger partial charge in [-0.25, -0.2) is 23.4 Å². The van der Waals surface area contributed by atoms with E-state index in [2.05, 4.69) is 24.6 Å². The van der Waals surface area contributed by atoms with Crippen LogP contribution in [0.3, 0.4) is 0 Å². The van der Waals surface area contributed by atoms with Crippen LogP contribution in [0.2, 0.25) is 5.02 Å². The number of rotatable bonds is 5. The predicted octanol–water partition coefficient (Wildman–Crippen LogP) is 3.05. The summed E-state index contributed by atoms with van der Waals surface area (Å²) in [5.41, 5.74) is 21.4. The number of hydrogen-bond donors (Lipinski definition) is 4. The molecule has 3 heterocycles. The van der Waals surface area contributed by atoms with Crippen LogP contribution in [0.4, 0.5) is 23.1 Å². The number of nitrogens with zero attached hydrogens (tertiary/aromatic N) is 4. The fraction of sp³-hybridized carbons (Fsp3) is 0.348. The topological polar surface area (TPSA) is 166 Å². The van der Waals surface area contributed by atoms with Gasteiger partial charge in [0, 0.05) is 35.9 Å². The first-order chi connectivity index (χ1) is 17.0. The van der Waals surface area contributed by atoms with E-state index in [0.29, 0.717) is 26.4 Å². The van der Waals surface area contributed by atoms with Crippen molar-refractivity contribution in [2.75, 3.05) is 40.4 Å². The van der Waals surface area contributed by atoms with Crippen molar-refractivity contribution >= 4 is 56.5 Å². The van der Waals surface area contributed by atoms with Gasteiger partial charge in [0.05, 0.1) is 17.5 Å². The van der Waals surface area contributed by atoms with Crippen molar-refractivity contribution in [1.29, 1.82) is 0 Å². The number of fused-ring (bicyclic) bond motifs is 1. The van der Waals surface area contributed by atoms with Crippen LogP contribution in [0, 0.1) is 5.41 Å². The molecule has 13 heteroatoms. The molecule has 2 aliphatic rings. The average molecular weight is 547 g/mol. The van der Waals surface area contributed by atoms with E-state index in [4.69, 9.17) is 28.8 Å². The van der Waals surface area contributed by atoms with Crippen molar-refractivity contribution in [3.63, 3.8) is 0 Å². The lowest BCUT2D eigenvalue weighted by Gasteiger charge is -2.42. The quantitative estimate of drug-likeness (QED) is 0.373. The van der Waals surface area contributed by atoms with Crippen LogP contribution in [0.15, 0.2) is 46.6 Å². The number of nitrogens with two attached hydrogens (primary N) is 3. The Bertz CT molecular complexity index is 1430. The number of nitrogens with one attached hydrogen (secondary N) is 1. The Morgan fingerprint density at radius 1 is 1.17 bits per heavy atom. The molecule has 1 spiro atoms. The molecule has 1 aliphatic carbocycles.